The molecule has 4 atom stereocenters. The molecule has 0 amide bonds. The monoisotopic (exact) mass is 282 g/mol. The zero-order valence-electron chi connectivity index (χ0n) is 13.4. The average molecular weight is 282 g/mol. The fourth-order valence-electron chi connectivity index (χ4n) is 4.16. The van der Waals surface area contributed by atoms with Gasteiger partial charge in [-0.05, 0) is 50.5 Å². The average Bonchev–Trinajstić information content (AvgIpc) is 2.47. The van der Waals surface area contributed by atoms with Crippen molar-refractivity contribution in [1.29, 1.82) is 0 Å². The van der Waals surface area contributed by atoms with Gasteiger partial charge in [-0.3, -0.25) is 0 Å². The largest absolute Gasteiger partial charge is 0.395 e. The summed E-state index contributed by atoms with van der Waals surface area (Å²) < 4.78 is 0. The maximum Gasteiger partial charge on any atom is 0.0584 e. The van der Waals surface area contributed by atoms with E-state index in [1.807, 2.05) is 0 Å². The molecule has 1 saturated carbocycles. The second kappa shape index (κ2) is 8.35. The van der Waals surface area contributed by atoms with E-state index in [1.54, 1.807) is 0 Å². The fourth-order valence-corrected chi connectivity index (χ4v) is 4.16. The fraction of sp³-hybridized carbons (Fsp3) is 1.00. The van der Waals surface area contributed by atoms with Crippen LogP contribution in [0.25, 0.3) is 0 Å². The molecule has 3 N–H and O–H groups in total. The summed E-state index contributed by atoms with van der Waals surface area (Å²) >= 11 is 0. The molecule has 0 aromatic heterocycles. The molecule has 2 aliphatic rings. The maximum atomic E-state index is 9.62. The summed E-state index contributed by atoms with van der Waals surface area (Å²) in [6.45, 7) is 5.96. The second-order valence-electron chi connectivity index (χ2n) is 7.29. The number of aliphatic hydroxyl groups is 1. The van der Waals surface area contributed by atoms with Crippen LogP contribution in [0.4, 0.5) is 0 Å². The lowest BCUT2D eigenvalue weighted by Gasteiger charge is -2.41. The summed E-state index contributed by atoms with van der Waals surface area (Å²) in [5, 5.41) is 17.2. The van der Waals surface area contributed by atoms with Crippen molar-refractivity contribution >= 4 is 0 Å². The molecule has 1 saturated heterocycles. The summed E-state index contributed by atoms with van der Waals surface area (Å²) in [5.74, 6) is 1.42. The molecule has 118 valence electrons. The molecular formula is C17H34N2O. The van der Waals surface area contributed by atoms with Crippen LogP contribution >= 0.6 is 0 Å². The van der Waals surface area contributed by atoms with E-state index in [4.69, 9.17) is 0 Å². The van der Waals surface area contributed by atoms with Crippen molar-refractivity contribution in [3.63, 3.8) is 0 Å². The summed E-state index contributed by atoms with van der Waals surface area (Å²) in [6, 6.07) is 1.60. The van der Waals surface area contributed by atoms with E-state index in [0.29, 0.717) is 18.0 Å². The molecule has 2 fully saturated rings. The number of aliphatic hydroxyl groups excluding tert-OH is 1. The first-order valence-electron chi connectivity index (χ1n) is 8.81. The standard InChI is InChI=1S/C17H34N2O/c1-13(2)11-14(12-20)19-17-9-4-3-7-15(17)16-8-5-6-10-18-16/h13-20H,3-12H2,1-2H3. The van der Waals surface area contributed by atoms with Crippen LogP contribution in [0, 0.1) is 11.8 Å². The highest BCUT2D eigenvalue weighted by atomic mass is 16.3. The maximum absolute atomic E-state index is 9.62. The van der Waals surface area contributed by atoms with Crippen LogP contribution in [0.15, 0.2) is 0 Å². The lowest BCUT2D eigenvalue weighted by molar-refractivity contribution is 0.144. The van der Waals surface area contributed by atoms with Gasteiger partial charge in [0.05, 0.1) is 6.61 Å². The first kappa shape index (κ1) is 16.3. The SMILES string of the molecule is CC(C)CC(CO)NC1CCCCC1C1CCCCN1. The van der Waals surface area contributed by atoms with Gasteiger partial charge >= 0.3 is 0 Å². The van der Waals surface area contributed by atoms with Gasteiger partial charge in [-0.2, -0.15) is 0 Å². The Kier molecular flexibility index (Phi) is 6.79. The third-order valence-electron chi connectivity index (χ3n) is 5.11. The highest BCUT2D eigenvalue weighted by Crippen LogP contribution is 2.31. The molecule has 0 spiro atoms. The lowest BCUT2D eigenvalue weighted by Crippen LogP contribution is -2.53. The van der Waals surface area contributed by atoms with E-state index in [2.05, 4.69) is 24.5 Å². The summed E-state index contributed by atoms with van der Waals surface area (Å²) in [4.78, 5) is 0. The Bertz CT molecular complexity index is 264. The Morgan fingerprint density at radius 3 is 2.50 bits per heavy atom. The van der Waals surface area contributed by atoms with Crippen molar-refractivity contribution in [2.75, 3.05) is 13.2 Å². The van der Waals surface area contributed by atoms with Crippen molar-refractivity contribution in [3.05, 3.63) is 0 Å². The van der Waals surface area contributed by atoms with E-state index >= 15 is 0 Å². The molecule has 2 rings (SSSR count). The van der Waals surface area contributed by atoms with Crippen LogP contribution in [0.5, 0.6) is 0 Å². The van der Waals surface area contributed by atoms with E-state index in [-0.39, 0.29) is 12.6 Å². The quantitative estimate of drug-likeness (QED) is 0.702. The molecule has 20 heavy (non-hydrogen) atoms. The minimum Gasteiger partial charge on any atom is -0.395 e. The van der Waals surface area contributed by atoms with Crippen LogP contribution in [-0.2, 0) is 0 Å². The highest BCUT2D eigenvalue weighted by molar-refractivity contribution is 4.92. The molecule has 1 heterocycles. The Hall–Kier alpha value is -0.120. The van der Waals surface area contributed by atoms with Crippen molar-refractivity contribution in [3.8, 4) is 0 Å². The smallest absolute Gasteiger partial charge is 0.0584 e. The lowest BCUT2D eigenvalue weighted by atomic mass is 9.77. The number of piperidine rings is 1. The molecule has 1 aliphatic heterocycles. The molecule has 1 aliphatic carbocycles. The van der Waals surface area contributed by atoms with Gasteiger partial charge in [0.15, 0.2) is 0 Å². The van der Waals surface area contributed by atoms with Crippen LogP contribution in [-0.4, -0.2) is 36.4 Å². The first-order chi connectivity index (χ1) is 9.70. The van der Waals surface area contributed by atoms with Gasteiger partial charge in [0, 0.05) is 18.1 Å². The van der Waals surface area contributed by atoms with Crippen LogP contribution < -0.4 is 10.6 Å². The molecule has 4 unspecified atom stereocenters. The zero-order chi connectivity index (χ0) is 14.4. The van der Waals surface area contributed by atoms with Crippen LogP contribution in [0.3, 0.4) is 0 Å². The Morgan fingerprint density at radius 1 is 1.10 bits per heavy atom. The van der Waals surface area contributed by atoms with Crippen LogP contribution in [0.2, 0.25) is 0 Å². The number of hydrogen-bond donors (Lipinski definition) is 3. The first-order valence-corrected chi connectivity index (χ1v) is 8.81. The van der Waals surface area contributed by atoms with Gasteiger partial charge in [0.25, 0.3) is 0 Å². The molecule has 0 bridgehead atoms. The van der Waals surface area contributed by atoms with Crippen molar-refractivity contribution in [2.45, 2.75) is 83.3 Å². The Balaban J connectivity index is 1.91. The van der Waals surface area contributed by atoms with Gasteiger partial charge in [0.2, 0.25) is 0 Å². The summed E-state index contributed by atoms with van der Waals surface area (Å²) in [5.41, 5.74) is 0. The molecule has 3 nitrogen and oxygen atoms in total. The molecule has 0 aromatic carbocycles. The van der Waals surface area contributed by atoms with Crippen molar-refractivity contribution in [1.82, 2.24) is 10.6 Å². The van der Waals surface area contributed by atoms with Crippen LogP contribution in [0.1, 0.15) is 65.2 Å². The van der Waals surface area contributed by atoms with E-state index < -0.39 is 0 Å². The second-order valence-corrected chi connectivity index (χ2v) is 7.29. The summed E-state index contributed by atoms with van der Waals surface area (Å²) in [7, 11) is 0. The molecular weight excluding hydrogens is 248 g/mol. The molecule has 3 heteroatoms. The van der Waals surface area contributed by atoms with Gasteiger partial charge in [-0.15, -0.1) is 0 Å². The minimum atomic E-state index is 0.277. The topological polar surface area (TPSA) is 44.3 Å². The van der Waals surface area contributed by atoms with E-state index in [9.17, 15) is 5.11 Å². The van der Waals surface area contributed by atoms with E-state index in [0.717, 1.165) is 12.3 Å². The Labute approximate surface area is 124 Å². The van der Waals surface area contributed by atoms with Gasteiger partial charge in [-0.1, -0.05) is 33.1 Å². The summed E-state index contributed by atoms with van der Waals surface area (Å²) in [6.07, 6.45) is 10.5. The number of rotatable bonds is 6. The number of nitrogens with one attached hydrogen (secondary N) is 2. The molecule has 0 radical (unpaired) electrons. The van der Waals surface area contributed by atoms with Crippen molar-refractivity contribution in [2.24, 2.45) is 11.8 Å². The zero-order valence-corrected chi connectivity index (χ0v) is 13.4. The number of hydrogen-bond acceptors (Lipinski definition) is 3. The van der Waals surface area contributed by atoms with Crippen molar-refractivity contribution < 1.29 is 5.11 Å². The van der Waals surface area contributed by atoms with Gasteiger partial charge in [-0.25, -0.2) is 0 Å². The predicted molar refractivity (Wildman–Crippen MR) is 84.9 cm³/mol. The minimum absolute atomic E-state index is 0.277. The third-order valence-corrected chi connectivity index (χ3v) is 5.11. The normalized spacial score (nSPS) is 33.3. The van der Waals surface area contributed by atoms with Gasteiger partial charge in [0.1, 0.15) is 0 Å². The van der Waals surface area contributed by atoms with E-state index in [1.165, 1.54) is 51.5 Å². The Morgan fingerprint density at radius 2 is 1.85 bits per heavy atom. The van der Waals surface area contributed by atoms with Gasteiger partial charge < -0.3 is 15.7 Å². The molecule has 0 aromatic rings. The highest BCUT2D eigenvalue weighted by Gasteiger charge is 2.33. The third kappa shape index (κ3) is 4.71. The predicted octanol–water partition coefficient (Wildman–Crippen LogP) is 2.68.